The Balaban J connectivity index is 2.76. The van der Waals surface area contributed by atoms with E-state index >= 15 is 0 Å². The summed E-state index contributed by atoms with van der Waals surface area (Å²) in [6.07, 6.45) is 1.12. The van der Waals surface area contributed by atoms with E-state index in [0.717, 1.165) is 12.3 Å². The molecule has 0 aliphatic rings. The molecule has 1 N–H and O–H groups in total. The molecule has 0 fully saturated rings. The van der Waals surface area contributed by atoms with Crippen LogP contribution in [0.1, 0.15) is 17.3 Å². The van der Waals surface area contributed by atoms with Crippen LogP contribution in [0, 0.1) is 11.6 Å². The summed E-state index contributed by atoms with van der Waals surface area (Å²) in [6, 6.07) is 0.747. The van der Waals surface area contributed by atoms with Gasteiger partial charge in [-0.2, -0.15) is 0 Å². The molecule has 0 saturated heterocycles. The van der Waals surface area contributed by atoms with Gasteiger partial charge in [-0.05, 0) is 28.9 Å². The quantitative estimate of drug-likeness (QED) is 0.680. The molecule has 0 amide bonds. The Morgan fingerprint density at radius 3 is 2.79 bits per heavy atom. The van der Waals surface area contributed by atoms with Crippen LogP contribution >= 0.6 is 15.9 Å². The van der Waals surface area contributed by atoms with Gasteiger partial charge in [0.1, 0.15) is 5.56 Å². The Morgan fingerprint density at radius 1 is 1.47 bits per heavy atom. The van der Waals surface area contributed by atoms with Crippen LogP contribution in [-0.4, -0.2) is 17.6 Å². The van der Waals surface area contributed by atoms with E-state index < -0.39 is 23.0 Å². The van der Waals surface area contributed by atoms with E-state index in [2.05, 4.69) is 20.9 Å². The molecular weight excluding hydrogens is 324 g/mol. The van der Waals surface area contributed by atoms with Crippen molar-refractivity contribution >= 4 is 32.8 Å². The number of ether oxygens (including phenoxy) is 1. The molecule has 1 aromatic heterocycles. The van der Waals surface area contributed by atoms with Gasteiger partial charge in [-0.3, -0.25) is 4.79 Å². The van der Waals surface area contributed by atoms with Crippen molar-refractivity contribution in [2.24, 2.45) is 0 Å². The largest absolute Gasteiger partial charge is 0.462 e. The van der Waals surface area contributed by atoms with Gasteiger partial charge in [0, 0.05) is 6.20 Å². The molecule has 4 nitrogen and oxygen atoms in total. The number of aromatic amines is 1. The van der Waals surface area contributed by atoms with E-state index in [1.165, 1.54) is 0 Å². The number of hydrogen-bond acceptors (Lipinski definition) is 3. The first-order chi connectivity index (χ1) is 8.97. The molecule has 0 atom stereocenters. The number of benzene rings is 1. The number of nitrogens with one attached hydrogen (secondary N) is 1. The minimum absolute atomic E-state index is 0.0805. The smallest absolute Gasteiger partial charge is 0.343 e. The van der Waals surface area contributed by atoms with Crippen LogP contribution in [0.5, 0.6) is 0 Å². The third kappa shape index (κ3) is 2.25. The van der Waals surface area contributed by atoms with Crippen LogP contribution in [0.15, 0.2) is 21.5 Å². The van der Waals surface area contributed by atoms with E-state index in [-0.39, 0.29) is 27.5 Å². The highest BCUT2D eigenvalue weighted by Gasteiger charge is 2.18. The molecule has 7 heteroatoms. The van der Waals surface area contributed by atoms with Crippen LogP contribution < -0.4 is 5.43 Å². The fourth-order valence-corrected chi connectivity index (χ4v) is 2.15. The molecular formula is C12H8BrF2NO3. The minimum atomic E-state index is -1.18. The Morgan fingerprint density at radius 2 is 2.16 bits per heavy atom. The topological polar surface area (TPSA) is 59.2 Å². The highest BCUT2D eigenvalue weighted by molar-refractivity contribution is 9.10. The summed E-state index contributed by atoms with van der Waals surface area (Å²) in [5, 5.41) is -0.128. The standard InChI is InChI=1S/C12H8BrF2NO3/c1-2-19-12(18)6-4-16-10-5(11(6)17)3-7(14)9(15)8(10)13/h3-4H,2H2,1H3,(H,16,17). The second-order valence-corrected chi connectivity index (χ2v) is 4.45. The maximum atomic E-state index is 13.3. The molecule has 0 saturated carbocycles. The van der Waals surface area contributed by atoms with Crippen molar-refractivity contribution in [2.45, 2.75) is 6.92 Å². The minimum Gasteiger partial charge on any atom is -0.462 e. The third-order valence-electron chi connectivity index (χ3n) is 2.51. The van der Waals surface area contributed by atoms with Crippen LogP contribution in [0.25, 0.3) is 10.9 Å². The van der Waals surface area contributed by atoms with Gasteiger partial charge in [-0.25, -0.2) is 13.6 Å². The second-order valence-electron chi connectivity index (χ2n) is 3.66. The summed E-state index contributed by atoms with van der Waals surface area (Å²) < 4.78 is 31.1. The van der Waals surface area contributed by atoms with E-state index in [1.807, 2.05) is 0 Å². The molecule has 2 rings (SSSR count). The fourth-order valence-electron chi connectivity index (χ4n) is 1.63. The SMILES string of the molecule is CCOC(=O)c1c[nH]c2c(Br)c(F)c(F)cc2c1=O. The fraction of sp³-hybridized carbons (Fsp3) is 0.167. The molecule has 1 aromatic carbocycles. The maximum absolute atomic E-state index is 13.3. The molecule has 2 aromatic rings. The first kappa shape index (κ1) is 13.7. The van der Waals surface area contributed by atoms with E-state index in [9.17, 15) is 18.4 Å². The zero-order valence-electron chi connectivity index (χ0n) is 9.72. The number of carbonyl (C=O) groups is 1. The van der Waals surface area contributed by atoms with E-state index in [1.54, 1.807) is 6.92 Å². The van der Waals surface area contributed by atoms with Crippen molar-refractivity contribution in [3.63, 3.8) is 0 Å². The number of halogens is 3. The summed E-state index contributed by atoms with van der Waals surface area (Å²) in [5.74, 6) is -3.09. The Labute approximate surface area is 114 Å². The number of hydrogen-bond donors (Lipinski definition) is 1. The zero-order valence-corrected chi connectivity index (χ0v) is 11.3. The summed E-state index contributed by atoms with van der Waals surface area (Å²) in [5.41, 5.74) is -0.893. The van der Waals surface area contributed by atoms with Gasteiger partial charge in [-0.15, -0.1) is 0 Å². The Hall–Kier alpha value is -1.76. The third-order valence-corrected chi connectivity index (χ3v) is 3.25. The van der Waals surface area contributed by atoms with Crippen LogP contribution in [-0.2, 0) is 4.74 Å². The van der Waals surface area contributed by atoms with Gasteiger partial charge < -0.3 is 9.72 Å². The molecule has 0 spiro atoms. The summed E-state index contributed by atoms with van der Waals surface area (Å²) in [6.45, 7) is 1.70. The van der Waals surface area contributed by atoms with Crippen molar-refractivity contribution in [3.8, 4) is 0 Å². The van der Waals surface area contributed by atoms with Gasteiger partial charge in [-0.1, -0.05) is 0 Å². The lowest BCUT2D eigenvalue weighted by Gasteiger charge is -2.06. The molecule has 0 unspecified atom stereocenters. The lowest BCUT2D eigenvalue weighted by molar-refractivity contribution is 0.0524. The number of fused-ring (bicyclic) bond motifs is 1. The number of esters is 1. The lowest BCUT2D eigenvalue weighted by atomic mass is 10.1. The van der Waals surface area contributed by atoms with Gasteiger partial charge in [0.15, 0.2) is 11.6 Å². The molecule has 0 aliphatic heterocycles. The number of carbonyl (C=O) groups excluding carboxylic acids is 1. The average Bonchev–Trinajstić information content (AvgIpc) is 2.38. The number of rotatable bonds is 2. The first-order valence-electron chi connectivity index (χ1n) is 5.33. The average molecular weight is 332 g/mol. The van der Waals surface area contributed by atoms with Crippen molar-refractivity contribution in [2.75, 3.05) is 6.61 Å². The highest BCUT2D eigenvalue weighted by Crippen LogP contribution is 2.25. The van der Waals surface area contributed by atoms with Gasteiger partial charge in [0.25, 0.3) is 0 Å². The summed E-state index contributed by atoms with van der Waals surface area (Å²) in [7, 11) is 0. The van der Waals surface area contributed by atoms with Crippen molar-refractivity contribution in [1.82, 2.24) is 4.98 Å². The van der Waals surface area contributed by atoms with Gasteiger partial charge >= 0.3 is 5.97 Å². The monoisotopic (exact) mass is 331 g/mol. The van der Waals surface area contributed by atoms with Crippen molar-refractivity contribution in [3.05, 3.63) is 44.2 Å². The number of H-pyrrole nitrogens is 1. The Kier molecular flexibility index (Phi) is 3.66. The molecule has 0 radical (unpaired) electrons. The molecule has 1 heterocycles. The Bertz CT molecular complexity index is 727. The summed E-state index contributed by atoms with van der Waals surface area (Å²) in [4.78, 5) is 26.1. The molecule has 0 bridgehead atoms. The maximum Gasteiger partial charge on any atom is 0.343 e. The summed E-state index contributed by atoms with van der Waals surface area (Å²) >= 11 is 2.86. The van der Waals surface area contributed by atoms with E-state index in [4.69, 9.17) is 4.74 Å². The van der Waals surface area contributed by atoms with Crippen LogP contribution in [0.2, 0.25) is 0 Å². The molecule has 19 heavy (non-hydrogen) atoms. The van der Waals surface area contributed by atoms with Crippen LogP contribution in [0.3, 0.4) is 0 Å². The van der Waals surface area contributed by atoms with Crippen molar-refractivity contribution < 1.29 is 18.3 Å². The molecule has 100 valence electrons. The molecule has 0 aliphatic carbocycles. The zero-order chi connectivity index (χ0) is 14.2. The first-order valence-corrected chi connectivity index (χ1v) is 6.12. The predicted octanol–water partition coefficient (Wildman–Crippen LogP) is 2.75. The van der Waals surface area contributed by atoms with Crippen molar-refractivity contribution in [1.29, 1.82) is 0 Å². The predicted molar refractivity (Wildman–Crippen MR) is 68.1 cm³/mol. The van der Waals surface area contributed by atoms with E-state index in [0.29, 0.717) is 0 Å². The lowest BCUT2D eigenvalue weighted by Crippen LogP contribution is -2.18. The van der Waals surface area contributed by atoms with Crippen LogP contribution in [0.4, 0.5) is 8.78 Å². The van der Waals surface area contributed by atoms with Gasteiger partial charge in [0.05, 0.1) is 22.0 Å². The second kappa shape index (κ2) is 5.08. The number of pyridine rings is 1. The normalized spacial score (nSPS) is 10.7. The highest BCUT2D eigenvalue weighted by atomic mass is 79.9. The number of aromatic nitrogens is 1. The van der Waals surface area contributed by atoms with Gasteiger partial charge in [0.2, 0.25) is 5.43 Å².